The summed E-state index contributed by atoms with van der Waals surface area (Å²) < 4.78 is 12.6. The molecule has 0 unspecified atom stereocenters. The van der Waals surface area contributed by atoms with Crippen molar-refractivity contribution >= 4 is 11.6 Å². The third-order valence-electron chi connectivity index (χ3n) is 1.80. The smallest absolute Gasteiger partial charge is 0.124 e. The Bertz CT molecular complexity index is 275. The van der Waals surface area contributed by atoms with Crippen LogP contribution in [0.15, 0.2) is 18.2 Å². The van der Waals surface area contributed by atoms with E-state index in [4.69, 9.17) is 17.3 Å². The SMILES string of the molecule is CC[C@@H](N)c1ccc(F)cc1Cl. The van der Waals surface area contributed by atoms with Crippen LogP contribution in [0.25, 0.3) is 0 Å². The molecule has 0 heterocycles. The number of benzene rings is 1. The molecule has 0 amide bonds. The van der Waals surface area contributed by atoms with E-state index in [-0.39, 0.29) is 11.9 Å². The Morgan fingerprint density at radius 1 is 1.58 bits per heavy atom. The fourth-order valence-corrected chi connectivity index (χ4v) is 1.33. The molecule has 0 aromatic heterocycles. The lowest BCUT2D eigenvalue weighted by molar-refractivity contribution is 0.623. The van der Waals surface area contributed by atoms with Gasteiger partial charge in [-0.05, 0) is 24.1 Å². The van der Waals surface area contributed by atoms with E-state index >= 15 is 0 Å². The maximum Gasteiger partial charge on any atom is 0.124 e. The summed E-state index contributed by atoms with van der Waals surface area (Å²) in [6.07, 6.45) is 0.797. The molecule has 0 spiro atoms. The summed E-state index contributed by atoms with van der Waals surface area (Å²) in [7, 11) is 0. The van der Waals surface area contributed by atoms with Crippen molar-refractivity contribution in [2.24, 2.45) is 5.73 Å². The highest BCUT2D eigenvalue weighted by molar-refractivity contribution is 6.31. The fourth-order valence-electron chi connectivity index (χ4n) is 1.02. The van der Waals surface area contributed by atoms with Crippen molar-refractivity contribution in [1.82, 2.24) is 0 Å². The van der Waals surface area contributed by atoms with E-state index in [1.807, 2.05) is 6.92 Å². The van der Waals surface area contributed by atoms with Crippen LogP contribution in [0, 0.1) is 5.82 Å². The Kier molecular flexibility index (Phi) is 3.06. The van der Waals surface area contributed by atoms with Crippen molar-refractivity contribution in [3.8, 4) is 0 Å². The Labute approximate surface area is 76.3 Å². The quantitative estimate of drug-likeness (QED) is 0.757. The fraction of sp³-hybridized carbons (Fsp3) is 0.333. The van der Waals surface area contributed by atoms with Crippen molar-refractivity contribution in [3.63, 3.8) is 0 Å². The van der Waals surface area contributed by atoms with Crippen LogP contribution in [-0.2, 0) is 0 Å². The molecule has 0 saturated heterocycles. The molecule has 0 radical (unpaired) electrons. The second kappa shape index (κ2) is 3.87. The minimum absolute atomic E-state index is 0.0990. The number of nitrogens with two attached hydrogens (primary N) is 1. The zero-order valence-electron chi connectivity index (χ0n) is 6.85. The van der Waals surface area contributed by atoms with Crippen LogP contribution in [0.5, 0.6) is 0 Å². The van der Waals surface area contributed by atoms with E-state index in [0.29, 0.717) is 5.02 Å². The average Bonchev–Trinajstić information content (AvgIpc) is 2.03. The first-order valence-electron chi connectivity index (χ1n) is 3.85. The molecule has 1 aromatic carbocycles. The predicted molar refractivity (Wildman–Crippen MR) is 48.6 cm³/mol. The van der Waals surface area contributed by atoms with Gasteiger partial charge in [0.05, 0.1) is 0 Å². The van der Waals surface area contributed by atoms with Gasteiger partial charge in [0.15, 0.2) is 0 Å². The Morgan fingerprint density at radius 2 is 2.25 bits per heavy atom. The number of halogens is 2. The highest BCUT2D eigenvalue weighted by Crippen LogP contribution is 2.23. The molecule has 0 aliphatic rings. The van der Waals surface area contributed by atoms with Crippen LogP contribution >= 0.6 is 11.6 Å². The lowest BCUT2D eigenvalue weighted by Crippen LogP contribution is -2.09. The molecule has 66 valence electrons. The Morgan fingerprint density at radius 3 is 2.75 bits per heavy atom. The van der Waals surface area contributed by atoms with Gasteiger partial charge in [-0.2, -0.15) is 0 Å². The van der Waals surface area contributed by atoms with Gasteiger partial charge >= 0.3 is 0 Å². The van der Waals surface area contributed by atoms with Crippen molar-refractivity contribution in [1.29, 1.82) is 0 Å². The highest BCUT2D eigenvalue weighted by atomic mass is 35.5. The van der Waals surface area contributed by atoms with E-state index in [2.05, 4.69) is 0 Å². The zero-order valence-corrected chi connectivity index (χ0v) is 7.61. The van der Waals surface area contributed by atoms with Gasteiger partial charge in [-0.1, -0.05) is 24.6 Å². The molecule has 1 atom stereocenters. The number of hydrogen-bond donors (Lipinski definition) is 1. The predicted octanol–water partition coefficient (Wildman–Crippen LogP) is 2.89. The van der Waals surface area contributed by atoms with Crippen LogP contribution in [-0.4, -0.2) is 0 Å². The second-order valence-electron chi connectivity index (χ2n) is 2.68. The molecule has 1 nitrogen and oxygen atoms in total. The van der Waals surface area contributed by atoms with Gasteiger partial charge in [0.2, 0.25) is 0 Å². The maximum atomic E-state index is 12.6. The van der Waals surface area contributed by atoms with Crippen molar-refractivity contribution in [3.05, 3.63) is 34.6 Å². The van der Waals surface area contributed by atoms with E-state index < -0.39 is 0 Å². The minimum Gasteiger partial charge on any atom is -0.324 e. The lowest BCUT2D eigenvalue weighted by Gasteiger charge is -2.10. The number of hydrogen-bond acceptors (Lipinski definition) is 1. The summed E-state index contributed by atoms with van der Waals surface area (Å²) in [5.41, 5.74) is 6.54. The van der Waals surface area contributed by atoms with Gasteiger partial charge in [0.1, 0.15) is 5.82 Å². The summed E-state index contributed by atoms with van der Waals surface area (Å²) in [5.74, 6) is -0.327. The van der Waals surface area contributed by atoms with E-state index in [1.54, 1.807) is 6.07 Å². The summed E-state index contributed by atoms with van der Waals surface area (Å²) >= 11 is 5.78. The van der Waals surface area contributed by atoms with Crippen LogP contribution in [0.3, 0.4) is 0 Å². The Balaban J connectivity index is 3.01. The maximum absolute atomic E-state index is 12.6. The second-order valence-corrected chi connectivity index (χ2v) is 3.09. The monoisotopic (exact) mass is 187 g/mol. The van der Waals surface area contributed by atoms with E-state index in [0.717, 1.165) is 12.0 Å². The first kappa shape index (κ1) is 9.49. The molecule has 0 fully saturated rings. The highest BCUT2D eigenvalue weighted by Gasteiger charge is 2.07. The van der Waals surface area contributed by atoms with Gasteiger partial charge in [0.25, 0.3) is 0 Å². The van der Waals surface area contributed by atoms with Crippen molar-refractivity contribution < 1.29 is 4.39 Å². The standard InChI is InChI=1S/C9H11ClFN/c1-2-9(12)7-4-3-6(11)5-8(7)10/h3-5,9H,2,12H2,1H3/t9-/m1/s1. The molecule has 2 N–H and O–H groups in total. The van der Waals surface area contributed by atoms with Crippen molar-refractivity contribution in [2.75, 3.05) is 0 Å². The minimum atomic E-state index is -0.327. The van der Waals surface area contributed by atoms with Gasteiger partial charge < -0.3 is 5.73 Å². The summed E-state index contributed by atoms with van der Waals surface area (Å²) in [4.78, 5) is 0. The molecular weight excluding hydrogens is 177 g/mol. The molecule has 0 aliphatic carbocycles. The summed E-state index contributed by atoms with van der Waals surface area (Å²) in [6, 6.07) is 4.19. The van der Waals surface area contributed by atoms with Gasteiger partial charge in [-0.25, -0.2) is 4.39 Å². The first-order chi connectivity index (χ1) is 5.65. The zero-order chi connectivity index (χ0) is 9.14. The molecule has 0 aliphatic heterocycles. The number of rotatable bonds is 2. The first-order valence-corrected chi connectivity index (χ1v) is 4.23. The summed E-state index contributed by atoms with van der Waals surface area (Å²) in [6.45, 7) is 1.96. The van der Waals surface area contributed by atoms with Crippen LogP contribution in [0.4, 0.5) is 4.39 Å². The average molecular weight is 188 g/mol. The van der Waals surface area contributed by atoms with Crippen molar-refractivity contribution in [2.45, 2.75) is 19.4 Å². The third kappa shape index (κ3) is 1.96. The third-order valence-corrected chi connectivity index (χ3v) is 2.13. The van der Waals surface area contributed by atoms with Crippen LogP contribution in [0.1, 0.15) is 24.9 Å². The summed E-state index contributed by atoms with van der Waals surface area (Å²) in [5, 5.41) is 0.407. The molecule has 12 heavy (non-hydrogen) atoms. The van der Waals surface area contributed by atoms with Gasteiger partial charge in [-0.15, -0.1) is 0 Å². The molecule has 1 aromatic rings. The van der Waals surface area contributed by atoms with E-state index in [1.165, 1.54) is 12.1 Å². The van der Waals surface area contributed by atoms with Gasteiger partial charge in [0, 0.05) is 11.1 Å². The lowest BCUT2D eigenvalue weighted by atomic mass is 10.1. The molecular formula is C9H11ClFN. The molecule has 0 saturated carbocycles. The molecule has 0 bridgehead atoms. The Hall–Kier alpha value is -0.600. The largest absolute Gasteiger partial charge is 0.324 e. The van der Waals surface area contributed by atoms with Gasteiger partial charge in [-0.3, -0.25) is 0 Å². The van der Waals surface area contributed by atoms with Crippen LogP contribution < -0.4 is 5.73 Å². The molecule has 3 heteroatoms. The normalized spacial score (nSPS) is 13.0. The van der Waals surface area contributed by atoms with Crippen LogP contribution in [0.2, 0.25) is 5.02 Å². The van der Waals surface area contributed by atoms with E-state index in [9.17, 15) is 4.39 Å². The topological polar surface area (TPSA) is 26.0 Å². The molecule has 1 rings (SSSR count).